The Morgan fingerprint density at radius 3 is 2.72 bits per heavy atom. The first-order chi connectivity index (χ1) is 8.79. The zero-order valence-electron chi connectivity index (χ0n) is 10.7. The number of benzene rings is 1. The third-order valence-electron chi connectivity index (χ3n) is 3.20. The Kier molecular flexibility index (Phi) is 4.53. The van der Waals surface area contributed by atoms with Crippen LogP contribution in [0.5, 0.6) is 0 Å². The molecule has 1 unspecified atom stereocenters. The van der Waals surface area contributed by atoms with Gasteiger partial charge in [0, 0.05) is 6.04 Å². The van der Waals surface area contributed by atoms with E-state index in [4.69, 9.17) is 0 Å². The van der Waals surface area contributed by atoms with Crippen LogP contribution in [-0.2, 0) is 4.74 Å². The van der Waals surface area contributed by atoms with Gasteiger partial charge in [-0.1, -0.05) is 30.7 Å². The van der Waals surface area contributed by atoms with E-state index in [1.165, 1.54) is 26.4 Å². The van der Waals surface area contributed by atoms with Crippen LogP contribution in [0.1, 0.15) is 35.2 Å². The summed E-state index contributed by atoms with van der Waals surface area (Å²) < 4.78 is 4.66. The molecule has 0 aromatic heterocycles. The Morgan fingerprint density at radius 1 is 1.33 bits per heavy atom. The second kappa shape index (κ2) is 6.36. The minimum Gasteiger partial charge on any atom is -0.465 e. The molecule has 3 nitrogen and oxygen atoms in total. The number of hydrogen-bond acceptors (Lipinski definition) is 3. The molecular formula is C15H19NO2. The number of carbonyl (C=O) groups excluding carboxylic acids is 1. The molecule has 1 aliphatic heterocycles. The third kappa shape index (κ3) is 3.44. The van der Waals surface area contributed by atoms with Gasteiger partial charge < -0.3 is 10.1 Å². The average Bonchev–Trinajstić information content (AvgIpc) is 2.46. The fourth-order valence-electron chi connectivity index (χ4n) is 2.12. The second-order valence-corrected chi connectivity index (χ2v) is 4.53. The Balaban J connectivity index is 1.97. The summed E-state index contributed by atoms with van der Waals surface area (Å²) in [7, 11) is 1.39. The summed E-state index contributed by atoms with van der Waals surface area (Å²) in [6.07, 6.45) is 8.08. The summed E-state index contributed by atoms with van der Waals surface area (Å²) in [5.74, 6) is -0.292. The molecule has 2 rings (SSSR count). The molecule has 96 valence electrons. The van der Waals surface area contributed by atoms with Crippen molar-refractivity contribution in [1.82, 2.24) is 5.32 Å². The molecule has 0 bridgehead atoms. The van der Waals surface area contributed by atoms with Gasteiger partial charge in [-0.2, -0.15) is 0 Å². The van der Waals surface area contributed by atoms with E-state index in [1.54, 1.807) is 12.1 Å². The number of ether oxygens (including phenoxy) is 1. The fourth-order valence-corrected chi connectivity index (χ4v) is 2.12. The maximum Gasteiger partial charge on any atom is 0.337 e. The first-order valence-electron chi connectivity index (χ1n) is 6.39. The monoisotopic (exact) mass is 245 g/mol. The largest absolute Gasteiger partial charge is 0.465 e. The first-order valence-corrected chi connectivity index (χ1v) is 6.39. The molecule has 1 atom stereocenters. The highest BCUT2D eigenvalue weighted by Crippen LogP contribution is 2.11. The van der Waals surface area contributed by atoms with Crippen LogP contribution in [0, 0.1) is 0 Å². The van der Waals surface area contributed by atoms with Gasteiger partial charge in [0.15, 0.2) is 0 Å². The summed E-state index contributed by atoms with van der Waals surface area (Å²) >= 11 is 0. The van der Waals surface area contributed by atoms with Gasteiger partial charge in [-0.15, -0.1) is 0 Å². The van der Waals surface area contributed by atoms with E-state index in [-0.39, 0.29) is 5.97 Å². The molecule has 1 aromatic carbocycles. The molecule has 0 amide bonds. The Morgan fingerprint density at radius 2 is 2.11 bits per heavy atom. The first kappa shape index (κ1) is 12.8. The topological polar surface area (TPSA) is 38.3 Å². The molecule has 0 aliphatic carbocycles. The summed E-state index contributed by atoms with van der Waals surface area (Å²) in [6, 6.07) is 7.94. The van der Waals surface area contributed by atoms with E-state index in [1.807, 2.05) is 12.1 Å². The van der Waals surface area contributed by atoms with Crippen molar-refractivity contribution in [2.75, 3.05) is 13.7 Å². The van der Waals surface area contributed by atoms with Crippen LogP contribution in [-0.4, -0.2) is 25.7 Å². The lowest BCUT2D eigenvalue weighted by atomic mass is 10.0. The van der Waals surface area contributed by atoms with Crippen LogP contribution < -0.4 is 5.32 Å². The maximum absolute atomic E-state index is 11.3. The maximum atomic E-state index is 11.3. The fraction of sp³-hybridized carbons (Fsp3) is 0.400. The molecule has 1 heterocycles. The number of piperidine rings is 1. The van der Waals surface area contributed by atoms with Crippen LogP contribution in [0.2, 0.25) is 0 Å². The van der Waals surface area contributed by atoms with Crippen LogP contribution in [0.3, 0.4) is 0 Å². The minimum atomic E-state index is -0.292. The molecule has 1 N–H and O–H groups in total. The SMILES string of the molecule is COC(=O)c1ccc(/C=C/C2CCCCN2)cc1. The zero-order valence-corrected chi connectivity index (χ0v) is 10.7. The highest BCUT2D eigenvalue weighted by atomic mass is 16.5. The molecule has 1 fully saturated rings. The second-order valence-electron chi connectivity index (χ2n) is 4.53. The van der Waals surface area contributed by atoms with Gasteiger partial charge in [-0.25, -0.2) is 4.79 Å². The van der Waals surface area contributed by atoms with Crippen molar-refractivity contribution >= 4 is 12.0 Å². The summed E-state index contributed by atoms with van der Waals surface area (Å²) in [5.41, 5.74) is 1.69. The predicted octanol–water partition coefficient (Wildman–Crippen LogP) is 2.63. The summed E-state index contributed by atoms with van der Waals surface area (Å²) in [5, 5.41) is 3.47. The van der Waals surface area contributed by atoms with E-state index in [9.17, 15) is 4.79 Å². The molecule has 0 radical (unpaired) electrons. The molecule has 3 heteroatoms. The van der Waals surface area contributed by atoms with Gasteiger partial charge in [-0.05, 0) is 37.1 Å². The highest BCUT2D eigenvalue weighted by Gasteiger charge is 2.08. The molecule has 0 spiro atoms. The van der Waals surface area contributed by atoms with Crippen molar-refractivity contribution in [2.24, 2.45) is 0 Å². The summed E-state index contributed by atoms with van der Waals surface area (Å²) in [4.78, 5) is 11.3. The van der Waals surface area contributed by atoms with E-state index in [0.29, 0.717) is 11.6 Å². The average molecular weight is 245 g/mol. The zero-order chi connectivity index (χ0) is 12.8. The number of methoxy groups -OCH3 is 1. The van der Waals surface area contributed by atoms with Crippen LogP contribution in [0.4, 0.5) is 0 Å². The van der Waals surface area contributed by atoms with Crippen molar-refractivity contribution in [2.45, 2.75) is 25.3 Å². The standard InChI is InChI=1S/C15H19NO2/c1-18-15(17)13-8-5-12(6-9-13)7-10-14-4-2-3-11-16-14/h5-10,14,16H,2-4,11H2,1H3/b10-7+. The van der Waals surface area contributed by atoms with Gasteiger partial charge in [-0.3, -0.25) is 0 Å². The van der Waals surface area contributed by atoms with Crippen LogP contribution in [0.15, 0.2) is 30.3 Å². The lowest BCUT2D eigenvalue weighted by Gasteiger charge is -2.19. The van der Waals surface area contributed by atoms with Crippen LogP contribution in [0.25, 0.3) is 6.08 Å². The number of carbonyl (C=O) groups is 1. The smallest absolute Gasteiger partial charge is 0.337 e. The summed E-state index contributed by atoms with van der Waals surface area (Å²) in [6.45, 7) is 1.11. The Labute approximate surface area is 108 Å². The molecule has 1 aromatic rings. The van der Waals surface area contributed by atoms with Gasteiger partial charge >= 0.3 is 5.97 Å². The van der Waals surface area contributed by atoms with Gasteiger partial charge in [0.2, 0.25) is 0 Å². The number of esters is 1. The van der Waals surface area contributed by atoms with Crippen molar-refractivity contribution in [1.29, 1.82) is 0 Å². The number of nitrogens with one attached hydrogen (secondary N) is 1. The van der Waals surface area contributed by atoms with E-state index < -0.39 is 0 Å². The Bertz CT molecular complexity index is 417. The van der Waals surface area contributed by atoms with Crippen LogP contribution >= 0.6 is 0 Å². The van der Waals surface area contributed by atoms with E-state index in [0.717, 1.165) is 12.1 Å². The molecule has 1 saturated heterocycles. The van der Waals surface area contributed by atoms with Gasteiger partial charge in [0.25, 0.3) is 0 Å². The van der Waals surface area contributed by atoms with Crippen molar-refractivity contribution in [3.63, 3.8) is 0 Å². The number of hydrogen-bond donors (Lipinski definition) is 1. The van der Waals surface area contributed by atoms with Gasteiger partial charge in [0.05, 0.1) is 12.7 Å². The van der Waals surface area contributed by atoms with Gasteiger partial charge in [0.1, 0.15) is 0 Å². The molecule has 1 aliphatic rings. The van der Waals surface area contributed by atoms with Crippen molar-refractivity contribution < 1.29 is 9.53 Å². The molecule has 0 saturated carbocycles. The van der Waals surface area contributed by atoms with Crippen molar-refractivity contribution in [3.8, 4) is 0 Å². The van der Waals surface area contributed by atoms with E-state index >= 15 is 0 Å². The third-order valence-corrected chi connectivity index (χ3v) is 3.20. The number of rotatable bonds is 3. The molecule has 18 heavy (non-hydrogen) atoms. The van der Waals surface area contributed by atoms with E-state index in [2.05, 4.69) is 22.2 Å². The Hall–Kier alpha value is -1.61. The quantitative estimate of drug-likeness (QED) is 0.832. The lowest BCUT2D eigenvalue weighted by molar-refractivity contribution is 0.0601. The lowest BCUT2D eigenvalue weighted by Crippen LogP contribution is -2.31. The molecular weight excluding hydrogens is 226 g/mol. The normalized spacial score (nSPS) is 19.9. The predicted molar refractivity (Wildman–Crippen MR) is 72.5 cm³/mol. The highest BCUT2D eigenvalue weighted by molar-refractivity contribution is 5.89. The minimum absolute atomic E-state index is 0.292. The van der Waals surface area contributed by atoms with Crippen molar-refractivity contribution in [3.05, 3.63) is 41.5 Å².